The monoisotopic (exact) mass is 146 g/mol. The summed E-state index contributed by atoms with van der Waals surface area (Å²) in [4.78, 5) is 0. The van der Waals surface area contributed by atoms with Gasteiger partial charge in [-0.25, -0.2) is 0 Å². The lowest BCUT2D eigenvalue weighted by Crippen LogP contribution is -2.22. The Morgan fingerprint density at radius 1 is 1.56 bits per heavy atom. The average Bonchev–Trinajstić information content (AvgIpc) is 1.76. The minimum Gasteiger partial charge on any atom is -0.377 e. The van der Waals surface area contributed by atoms with Crippen molar-refractivity contribution in [2.75, 3.05) is 18.6 Å². The molecule has 0 bridgehead atoms. The second-order valence-electron chi connectivity index (χ2n) is 2.42. The molecule has 0 saturated heterocycles. The van der Waals surface area contributed by atoms with E-state index >= 15 is 0 Å². The fourth-order valence-corrected chi connectivity index (χ4v) is 1.10. The van der Waals surface area contributed by atoms with Gasteiger partial charge in [-0.2, -0.15) is 11.8 Å². The average molecular weight is 146 g/mol. The molecule has 1 nitrogen and oxygen atoms in total. The Bertz CT molecular complexity index is 71.3. The van der Waals surface area contributed by atoms with Gasteiger partial charge in [-0.3, -0.25) is 0 Å². The standard InChI is InChI=1S/C7H14OS/c1-9-6-5-8-7-3-2-4-7/h7H,2-6H2,1H3. The summed E-state index contributed by atoms with van der Waals surface area (Å²) in [7, 11) is 0. The largest absolute Gasteiger partial charge is 0.377 e. The van der Waals surface area contributed by atoms with Crippen molar-refractivity contribution in [3.05, 3.63) is 0 Å². The molecule has 2 heteroatoms. The summed E-state index contributed by atoms with van der Waals surface area (Å²) in [6.45, 7) is 0.950. The van der Waals surface area contributed by atoms with Gasteiger partial charge in [0.25, 0.3) is 0 Å². The Labute approximate surface area is 61.2 Å². The molecule has 0 unspecified atom stereocenters. The van der Waals surface area contributed by atoms with E-state index < -0.39 is 0 Å². The van der Waals surface area contributed by atoms with Crippen LogP contribution in [0.3, 0.4) is 0 Å². The van der Waals surface area contributed by atoms with Crippen LogP contribution in [0.1, 0.15) is 19.3 Å². The van der Waals surface area contributed by atoms with E-state index in [0.717, 1.165) is 12.4 Å². The van der Waals surface area contributed by atoms with Gasteiger partial charge in [0, 0.05) is 5.75 Å². The summed E-state index contributed by atoms with van der Waals surface area (Å²) in [5.41, 5.74) is 0. The van der Waals surface area contributed by atoms with Gasteiger partial charge in [0.1, 0.15) is 0 Å². The van der Waals surface area contributed by atoms with Crippen LogP contribution in [0.2, 0.25) is 0 Å². The van der Waals surface area contributed by atoms with Crippen molar-refractivity contribution < 1.29 is 4.74 Å². The van der Waals surface area contributed by atoms with Crippen molar-refractivity contribution in [3.8, 4) is 0 Å². The van der Waals surface area contributed by atoms with Crippen LogP contribution < -0.4 is 0 Å². The minimum atomic E-state index is 0.622. The molecule has 1 aliphatic rings. The van der Waals surface area contributed by atoms with Crippen LogP contribution in [0, 0.1) is 0 Å². The molecule has 0 atom stereocenters. The highest BCUT2D eigenvalue weighted by atomic mass is 32.2. The predicted octanol–water partition coefficient (Wildman–Crippen LogP) is 1.92. The van der Waals surface area contributed by atoms with Gasteiger partial charge in [0.05, 0.1) is 12.7 Å². The molecule has 0 amide bonds. The zero-order valence-electron chi connectivity index (χ0n) is 5.93. The molecule has 0 radical (unpaired) electrons. The van der Waals surface area contributed by atoms with Gasteiger partial charge in [-0.05, 0) is 25.5 Å². The number of hydrogen-bond donors (Lipinski definition) is 0. The molecule has 0 aromatic rings. The number of hydrogen-bond acceptors (Lipinski definition) is 2. The number of ether oxygens (including phenoxy) is 1. The van der Waals surface area contributed by atoms with Crippen LogP contribution in [0.5, 0.6) is 0 Å². The molecule has 0 aromatic carbocycles. The summed E-state index contributed by atoms with van der Waals surface area (Å²) >= 11 is 1.85. The van der Waals surface area contributed by atoms with Crippen LogP contribution in [-0.4, -0.2) is 24.7 Å². The molecular formula is C7H14OS. The van der Waals surface area contributed by atoms with E-state index in [4.69, 9.17) is 4.74 Å². The van der Waals surface area contributed by atoms with Crippen molar-refractivity contribution in [1.82, 2.24) is 0 Å². The first-order valence-electron chi connectivity index (χ1n) is 3.54. The van der Waals surface area contributed by atoms with Crippen LogP contribution in [0.25, 0.3) is 0 Å². The van der Waals surface area contributed by atoms with Gasteiger partial charge in [0.15, 0.2) is 0 Å². The Morgan fingerprint density at radius 2 is 2.33 bits per heavy atom. The minimum absolute atomic E-state index is 0.622. The van der Waals surface area contributed by atoms with Crippen LogP contribution >= 0.6 is 11.8 Å². The first kappa shape index (κ1) is 7.42. The first-order valence-corrected chi connectivity index (χ1v) is 4.93. The van der Waals surface area contributed by atoms with Gasteiger partial charge >= 0.3 is 0 Å². The van der Waals surface area contributed by atoms with Crippen molar-refractivity contribution in [1.29, 1.82) is 0 Å². The zero-order valence-corrected chi connectivity index (χ0v) is 6.75. The summed E-state index contributed by atoms with van der Waals surface area (Å²) in [6.07, 6.45) is 6.72. The third-order valence-corrected chi connectivity index (χ3v) is 2.27. The molecule has 1 aliphatic carbocycles. The Kier molecular flexibility index (Phi) is 3.44. The summed E-state index contributed by atoms with van der Waals surface area (Å²) in [5.74, 6) is 1.15. The van der Waals surface area contributed by atoms with E-state index in [9.17, 15) is 0 Å². The fraction of sp³-hybridized carbons (Fsp3) is 1.00. The van der Waals surface area contributed by atoms with Crippen molar-refractivity contribution >= 4 is 11.8 Å². The smallest absolute Gasteiger partial charge is 0.0575 e. The van der Waals surface area contributed by atoms with E-state index in [1.54, 1.807) is 0 Å². The van der Waals surface area contributed by atoms with E-state index in [1.165, 1.54) is 19.3 Å². The number of thioether (sulfide) groups is 1. The lowest BCUT2D eigenvalue weighted by Gasteiger charge is -2.25. The maximum Gasteiger partial charge on any atom is 0.0575 e. The van der Waals surface area contributed by atoms with E-state index in [0.29, 0.717) is 6.10 Å². The fourth-order valence-electron chi connectivity index (χ4n) is 0.836. The predicted molar refractivity (Wildman–Crippen MR) is 42.0 cm³/mol. The number of rotatable bonds is 4. The molecule has 54 valence electrons. The maximum atomic E-state index is 5.50. The summed E-state index contributed by atoms with van der Waals surface area (Å²) in [5, 5.41) is 0. The van der Waals surface area contributed by atoms with Gasteiger partial charge < -0.3 is 4.74 Å². The third-order valence-electron chi connectivity index (χ3n) is 1.69. The van der Waals surface area contributed by atoms with E-state index in [-0.39, 0.29) is 0 Å². The maximum absolute atomic E-state index is 5.50. The molecular weight excluding hydrogens is 132 g/mol. The Morgan fingerprint density at radius 3 is 2.78 bits per heavy atom. The van der Waals surface area contributed by atoms with Gasteiger partial charge in [-0.1, -0.05) is 0 Å². The van der Waals surface area contributed by atoms with Crippen molar-refractivity contribution in [2.45, 2.75) is 25.4 Å². The molecule has 1 rings (SSSR count). The molecule has 0 spiro atoms. The lowest BCUT2D eigenvalue weighted by atomic mass is 9.96. The highest BCUT2D eigenvalue weighted by Crippen LogP contribution is 2.21. The molecule has 9 heavy (non-hydrogen) atoms. The van der Waals surface area contributed by atoms with Crippen LogP contribution in [-0.2, 0) is 4.74 Å². The third kappa shape index (κ3) is 2.59. The van der Waals surface area contributed by atoms with E-state index in [1.807, 2.05) is 11.8 Å². The SMILES string of the molecule is CSCCOC1CCC1. The quantitative estimate of drug-likeness (QED) is 0.560. The molecule has 0 heterocycles. The first-order chi connectivity index (χ1) is 4.43. The lowest BCUT2D eigenvalue weighted by molar-refractivity contribution is 0.0115. The van der Waals surface area contributed by atoms with Crippen LogP contribution in [0.15, 0.2) is 0 Å². The van der Waals surface area contributed by atoms with Gasteiger partial charge in [-0.15, -0.1) is 0 Å². The second-order valence-corrected chi connectivity index (χ2v) is 3.40. The van der Waals surface area contributed by atoms with Crippen molar-refractivity contribution in [2.24, 2.45) is 0 Å². The van der Waals surface area contributed by atoms with Gasteiger partial charge in [0.2, 0.25) is 0 Å². The Hall–Kier alpha value is 0.310. The normalized spacial score (nSPS) is 19.7. The molecule has 0 aromatic heterocycles. The van der Waals surface area contributed by atoms with E-state index in [2.05, 4.69) is 6.26 Å². The van der Waals surface area contributed by atoms with Crippen LogP contribution in [0.4, 0.5) is 0 Å². The topological polar surface area (TPSA) is 9.23 Å². The second kappa shape index (κ2) is 4.18. The summed E-state index contributed by atoms with van der Waals surface area (Å²) in [6, 6.07) is 0. The molecule has 1 saturated carbocycles. The Balaban J connectivity index is 1.80. The highest BCUT2D eigenvalue weighted by molar-refractivity contribution is 7.98. The van der Waals surface area contributed by atoms with Crippen molar-refractivity contribution in [3.63, 3.8) is 0 Å². The molecule has 0 aliphatic heterocycles. The molecule has 0 N–H and O–H groups in total. The summed E-state index contributed by atoms with van der Waals surface area (Å²) < 4.78 is 5.50. The molecule has 1 fully saturated rings. The zero-order chi connectivity index (χ0) is 6.53. The highest BCUT2D eigenvalue weighted by Gasteiger charge is 2.16.